The third-order valence-electron chi connectivity index (χ3n) is 4.69. The lowest BCUT2D eigenvalue weighted by Crippen LogP contribution is -2.26. The van der Waals surface area contributed by atoms with Crippen molar-refractivity contribution in [2.75, 3.05) is 13.2 Å². The Hall–Kier alpha value is -3.35. The molecule has 0 spiro atoms. The van der Waals surface area contributed by atoms with Gasteiger partial charge in [0.25, 0.3) is 0 Å². The number of hydrogen-bond donors (Lipinski definition) is 2. The van der Waals surface area contributed by atoms with Crippen LogP contribution in [-0.4, -0.2) is 30.4 Å². The number of benzene rings is 3. The summed E-state index contributed by atoms with van der Waals surface area (Å²) in [5.41, 5.74) is 5.43. The number of rotatable bonds is 11. The van der Waals surface area contributed by atoms with E-state index in [0.717, 1.165) is 21.9 Å². The third-order valence-corrected chi connectivity index (χ3v) is 4.69. The summed E-state index contributed by atoms with van der Waals surface area (Å²) in [6, 6.07) is 21.5. The lowest BCUT2D eigenvalue weighted by Gasteiger charge is -2.13. The normalized spacial score (nSPS) is 12.5. The molecule has 6 heteroatoms. The number of ether oxygens (including phenoxy) is 2. The molecule has 0 aliphatic carbocycles. The first-order valence-corrected chi connectivity index (χ1v) is 10.3. The van der Waals surface area contributed by atoms with Gasteiger partial charge in [-0.1, -0.05) is 48.5 Å². The number of hydrogen-bond acceptors (Lipinski definition) is 5. The lowest BCUT2D eigenvalue weighted by atomic mass is 10.1. The van der Waals surface area contributed by atoms with Crippen molar-refractivity contribution < 1.29 is 24.2 Å². The SMILES string of the molecule is CCONC(=COc1ccc(CC(OCC)C(=O)O)cc1)c1ccc2ccccc2c1. The zero-order chi connectivity index (χ0) is 22.1. The highest BCUT2D eigenvalue weighted by molar-refractivity contribution is 5.85. The first-order valence-electron chi connectivity index (χ1n) is 10.3. The number of nitrogens with one attached hydrogen (secondary N) is 1. The molecule has 1 unspecified atom stereocenters. The van der Waals surface area contributed by atoms with Crippen LogP contribution in [0.15, 0.2) is 73.0 Å². The molecule has 0 fully saturated rings. The highest BCUT2D eigenvalue weighted by Gasteiger charge is 2.17. The Morgan fingerprint density at radius 1 is 1.00 bits per heavy atom. The largest absolute Gasteiger partial charge is 0.479 e. The van der Waals surface area contributed by atoms with E-state index >= 15 is 0 Å². The van der Waals surface area contributed by atoms with Gasteiger partial charge in [-0.05, 0) is 48.4 Å². The van der Waals surface area contributed by atoms with E-state index in [9.17, 15) is 9.90 Å². The van der Waals surface area contributed by atoms with E-state index in [-0.39, 0.29) is 0 Å². The first kappa shape index (κ1) is 22.3. The molecule has 3 rings (SSSR count). The van der Waals surface area contributed by atoms with Crippen LogP contribution in [0.4, 0.5) is 0 Å². The van der Waals surface area contributed by atoms with Crippen LogP contribution in [0, 0.1) is 0 Å². The van der Waals surface area contributed by atoms with E-state index in [1.807, 2.05) is 37.3 Å². The number of fused-ring (bicyclic) bond motifs is 1. The molecule has 0 aliphatic rings. The number of carboxylic acids is 1. The van der Waals surface area contributed by atoms with E-state index in [4.69, 9.17) is 14.3 Å². The van der Waals surface area contributed by atoms with Crippen molar-refractivity contribution in [3.05, 3.63) is 84.1 Å². The van der Waals surface area contributed by atoms with Crippen molar-refractivity contribution in [1.82, 2.24) is 5.48 Å². The second-order valence-electron chi connectivity index (χ2n) is 6.88. The quantitative estimate of drug-likeness (QED) is 0.342. The van der Waals surface area contributed by atoms with Crippen LogP contribution >= 0.6 is 0 Å². The number of aliphatic carboxylic acids is 1. The monoisotopic (exact) mass is 421 g/mol. The average Bonchev–Trinajstić information content (AvgIpc) is 2.79. The standard InChI is InChI=1S/C25H27NO5/c1-3-29-24(25(27)28)15-18-9-13-22(14-10-18)30-17-23(26-31-4-2)21-12-11-19-7-5-6-8-20(19)16-21/h5-14,16-17,24,26H,3-4,15H2,1-2H3,(H,27,28). The van der Waals surface area contributed by atoms with Gasteiger partial charge in [-0.15, -0.1) is 0 Å². The van der Waals surface area contributed by atoms with Crippen molar-refractivity contribution >= 4 is 22.4 Å². The Balaban J connectivity index is 1.74. The summed E-state index contributed by atoms with van der Waals surface area (Å²) >= 11 is 0. The summed E-state index contributed by atoms with van der Waals surface area (Å²) in [5, 5.41) is 11.5. The van der Waals surface area contributed by atoms with E-state index in [2.05, 4.69) is 29.7 Å². The van der Waals surface area contributed by atoms with E-state index in [0.29, 0.717) is 31.1 Å². The summed E-state index contributed by atoms with van der Waals surface area (Å²) in [5.74, 6) is -0.337. The molecule has 3 aromatic rings. The second-order valence-corrected chi connectivity index (χ2v) is 6.88. The number of hydroxylamine groups is 1. The van der Waals surface area contributed by atoms with Gasteiger partial charge in [0.1, 0.15) is 17.7 Å². The van der Waals surface area contributed by atoms with Gasteiger partial charge in [-0.25, -0.2) is 4.79 Å². The van der Waals surface area contributed by atoms with Crippen LogP contribution in [0.1, 0.15) is 25.0 Å². The highest BCUT2D eigenvalue weighted by Crippen LogP contribution is 2.21. The summed E-state index contributed by atoms with van der Waals surface area (Å²) in [4.78, 5) is 16.7. The van der Waals surface area contributed by atoms with E-state index < -0.39 is 12.1 Å². The Bertz CT molecular complexity index is 1030. The summed E-state index contributed by atoms with van der Waals surface area (Å²) in [6.07, 6.45) is 1.05. The first-order chi connectivity index (χ1) is 15.1. The molecule has 0 radical (unpaired) electrons. The topological polar surface area (TPSA) is 77.0 Å². The molecule has 0 saturated carbocycles. The zero-order valence-electron chi connectivity index (χ0n) is 17.7. The van der Waals surface area contributed by atoms with Crippen LogP contribution in [0.2, 0.25) is 0 Å². The van der Waals surface area contributed by atoms with Crippen molar-refractivity contribution in [1.29, 1.82) is 0 Å². The van der Waals surface area contributed by atoms with Gasteiger partial charge in [-0.2, -0.15) is 0 Å². The Morgan fingerprint density at radius 2 is 1.74 bits per heavy atom. The molecule has 0 heterocycles. The smallest absolute Gasteiger partial charge is 0.333 e. The van der Waals surface area contributed by atoms with E-state index in [1.165, 1.54) is 0 Å². The molecule has 6 nitrogen and oxygen atoms in total. The van der Waals surface area contributed by atoms with Gasteiger partial charge < -0.3 is 14.6 Å². The molecule has 3 aromatic carbocycles. The van der Waals surface area contributed by atoms with Crippen molar-refractivity contribution in [3.8, 4) is 5.75 Å². The predicted octanol–water partition coefficient (Wildman–Crippen LogP) is 4.79. The molecule has 1 atom stereocenters. The number of carbonyl (C=O) groups is 1. The fraction of sp³-hybridized carbons (Fsp3) is 0.240. The lowest BCUT2D eigenvalue weighted by molar-refractivity contribution is -0.149. The van der Waals surface area contributed by atoms with Gasteiger partial charge in [-0.3, -0.25) is 10.3 Å². The predicted molar refractivity (Wildman–Crippen MR) is 121 cm³/mol. The Kier molecular flexibility index (Phi) is 8.04. The van der Waals surface area contributed by atoms with Crippen molar-refractivity contribution in [3.63, 3.8) is 0 Å². The Morgan fingerprint density at radius 3 is 2.42 bits per heavy atom. The fourth-order valence-electron chi connectivity index (χ4n) is 3.12. The molecule has 0 saturated heterocycles. The molecule has 0 aliphatic heterocycles. The molecule has 0 aromatic heterocycles. The molecular weight excluding hydrogens is 394 g/mol. The van der Waals surface area contributed by atoms with Gasteiger partial charge in [0, 0.05) is 18.6 Å². The molecule has 0 amide bonds. The summed E-state index contributed by atoms with van der Waals surface area (Å²) in [6.45, 7) is 4.54. The van der Waals surface area contributed by atoms with Crippen LogP contribution in [0.5, 0.6) is 5.75 Å². The van der Waals surface area contributed by atoms with Crippen molar-refractivity contribution in [2.24, 2.45) is 0 Å². The zero-order valence-corrected chi connectivity index (χ0v) is 17.7. The Labute approximate surface area is 182 Å². The summed E-state index contributed by atoms with van der Waals surface area (Å²) in [7, 11) is 0. The van der Waals surface area contributed by atoms with Gasteiger partial charge in [0.05, 0.1) is 6.61 Å². The van der Waals surface area contributed by atoms with Crippen LogP contribution < -0.4 is 10.2 Å². The van der Waals surface area contributed by atoms with Gasteiger partial charge in [0.2, 0.25) is 0 Å². The maximum Gasteiger partial charge on any atom is 0.333 e. The maximum atomic E-state index is 11.3. The second kappa shape index (κ2) is 11.2. The molecular formula is C25H27NO5. The van der Waals surface area contributed by atoms with E-state index in [1.54, 1.807) is 25.3 Å². The minimum atomic E-state index is -0.966. The van der Waals surface area contributed by atoms with Gasteiger partial charge >= 0.3 is 5.97 Å². The third kappa shape index (κ3) is 6.31. The van der Waals surface area contributed by atoms with Crippen molar-refractivity contribution in [2.45, 2.75) is 26.4 Å². The molecule has 31 heavy (non-hydrogen) atoms. The van der Waals surface area contributed by atoms with Crippen LogP contribution in [0.3, 0.4) is 0 Å². The molecule has 2 N–H and O–H groups in total. The average molecular weight is 421 g/mol. The minimum Gasteiger partial charge on any atom is -0.479 e. The molecule has 162 valence electrons. The highest BCUT2D eigenvalue weighted by atomic mass is 16.6. The number of carboxylic acid groups (broad SMARTS) is 1. The molecule has 0 bridgehead atoms. The fourth-order valence-corrected chi connectivity index (χ4v) is 3.12. The van der Waals surface area contributed by atoms with Crippen LogP contribution in [0.25, 0.3) is 16.5 Å². The van der Waals surface area contributed by atoms with Gasteiger partial charge in [0.15, 0.2) is 6.10 Å². The minimum absolute atomic E-state index is 0.299. The maximum absolute atomic E-state index is 11.3. The van der Waals surface area contributed by atoms with Crippen LogP contribution in [-0.2, 0) is 20.8 Å². The summed E-state index contributed by atoms with van der Waals surface area (Å²) < 4.78 is 11.1.